The molecular weight excluding hydrogens is 412 g/mol. The molecule has 5 fully saturated rings. The third-order valence-electron chi connectivity index (χ3n) is 9.47. The lowest BCUT2D eigenvalue weighted by Crippen LogP contribution is -2.52. The number of hydrogen-bond acceptors (Lipinski definition) is 5. The van der Waals surface area contributed by atoms with Crippen LogP contribution in [0, 0.1) is 23.2 Å². The number of fused-ring (bicyclic) bond motifs is 3. The number of carbonyl (C=O) groups excluding carboxylic acids is 1. The Balaban J connectivity index is 1.04. The molecule has 1 aromatic carbocycles. The number of rotatable bonds is 5. The molecule has 2 saturated carbocycles. The van der Waals surface area contributed by atoms with Crippen LogP contribution in [0.3, 0.4) is 0 Å². The van der Waals surface area contributed by atoms with Crippen LogP contribution < -0.4 is 0 Å². The van der Waals surface area contributed by atoms with Gasteiger partial charge in [0.05, 0.1) is 18.1 Å². The number of epoxide rings is 1. The van der Waals surface area contributed by atoms with Crippen molar-refractivity contribution in [2.24, 2.45) is 23.2 Å². The first-order valence-corrected chi connectivity index (χ1v) is 13.1. The minimum atomic E-state index is 0.0433. The Morgan fingerprint density at radius 3 is 2.61 bits per heavy atom. The van der Waals surface area contributed by atoms with Crippen molar-refractivity contribution in [3.8, 4) is 0 Å². The van der Waals surface area contributed by atoms with E-state index in [0.29, 0.717) is 11.8 Å². The SMILES string of the molecule is C[C@]12CCC[C@]3(CO3)[C@@H]1C[C@@H]1[C@@H](C2)OC(=O)[C@@H]1CN1CCN(CC=Cc2ccccc2)CC1. The first-order valence-electron chi connectivity index (χ1n) is 13.1. The number of benzene rings is 1. The first kappa shape index (κ1) is 21.8. The number of ether oxygens (including phenoxy) is 2. The fourth-order valence-corrected chi connectivity index (χ4v) is 7.50. The molecule has 0 radical (unpaired) electrons. The fourth-order valence-electron chi connectivity index (χ4n) is 7.50. The lowest BCUT2D eigenvalue weighted by Gasteiger charge is -2.51. The molecule has 6 rings (SSSR count). The molecule has 0 bridgehead atoms. The Morgan fingerprint density at radius 2 is 1.85 bits per heavy atom. The van der Waals surface area contributed by atoms with Gasteiger partial charge in [-0.05, 0) is 49.0 Å². The summed E-state index contributed by atoms with van der Waals surface area (Å²) in [6.45, 7) is 9.42. The molecule has 3 saturated heterocycles. The number of esters is 1. The van der Waals surface area contributed by atoms with Gasteiger partial charge in [0.25, 0.3) is 0 Å². The summed E-state index contributed by atoms with van der Waals surface area (Å²) in [5.74, 6) is 1.08. The third kappa shape index (κ3) is 4.17. The average Bonchev–Trinajstić information content (AvgIpc) is 3.52. The van der Waals surface area contributed by atoms with Crippen molar-refractivity contribution < 1.29 is 14.3 Å². The zero-order valence-corrected chi connectivity index (χ0v) is 20.0. The molecule has 3 heterocycles. The quantitative estimate of drug-likeness (QED) is 0.504. The van der Waals surface area contributed by atoms with Crippen LogP contribution in [0.25, 0.3) is 6.08 Å². The molecule has 0 N–H and O–H groups in total. The minimum Gasteiger partial charge on any atom is -0.462 e. The number of nitrogens with zero attached hydrogens (tertiary/aromatic N) is 2. The lowest BCUT2D eigenvalue weighted by atomic mass is 9.53. The van der Waals surface area contributed by atoms with Gasteiger partial charge < -0.3 is 9.47 Å². The van der Waals surface area contributed by atoms with Gasteiger partial charge in [0.15, 0.2) is 0 Å². The molecule has 1 aromatic rings. The highest BCUT2D eigenvalue weighted by Gasteiger charge is 2.65. The molecule has 1 spiro atoms. The van der Waals surface area contributed by atoms with Crippen LogP contribution in [0.1, 0.15) is 44.6 Å². The Bertz CT molecular complexity index is 890. The van der Waals surface area contributed by atoms with Gasteiger partial charge in [-0.3, -0.25) is 14.6 Å². The van der Waals surface area contributed by atoms with Gasteiger partial charge in [0.1, 0.15) is 6.10 Å². The smallest absolute Gasteiger partial charge is 0.310 e. The molecular formula is C28H38N2O3. The molecule has 5 aliphatic rings. The standard InChI is InChI=1S/C28H38N2O3/c1-27-10-6-11-28(20-32-28)25(27)17-22-23(26(31)33-24(22)18-27)19-30-15-13-29(14-16-30)12-5-9-21-7-3-2-4-8-21/h2-5,7-9,22-25H,6,10-20H2,1H3/t22-,23+,24+,25+,27+,28-/m0/s1. The van der Waals surface area contributed by atoms with E-state index in [1.807, 2.05) is 0 Å². The first-order chi connectivity index (χ1) is 16.0. The van der Waals surface area contributed by atoms with E-state index in [9.17, 15) is 4.79 Å². The highest BCUT2D eigenvalue weighted by molar-refractivity contribution is 5.75. The lowest BCUT2D eigenvalue weighted by molar-refractivity contribution is -0.147. The summed E-state index contributed by atoms with van der Waals surface area (Å²) < 4.78 is 12.1. The third-order valence-corrected chi connectivity index (χ3v) is 9.47. The molecule has 178 valence electrons. The second kappa shape index (κ2) is 8.51. The number of carbonyl (C=O) groups is 1. The second-order valence-corrected chi connectivity index (χ2v) is 11.5. The normalized spacial score (nSPS) is 41.2. The van der Waals surface area contributed by atoms with E-state index in [4.69, 9.17) is 9.47 Å². The van der Waals surface area contributed by atoms with Crippen molar-refractivity contribution in [3.63, 3.8) is 0 Å². The summed E-state index contributed by atoms with van der Waals surface area (Å²) in [6, 6.07) is 10.5. The van der Waals surface area contributed by atoms with E-state index in [1.54, 1.807) is 0 Å². The molecule has 33 heavy (non-hydrogen) atoms. The van der Waals surface area contributed by atoms with Gasteiger partial charge in [-0.1, -0.05) is 49.4 Å². The zero-order valence-electron chi connectivity index (χ0n) is 20.0. The molecule has 3 aliphatic heterocycles. The van der Waals surface area contributed by atoms with Gasteiger partial charge in [-0.25, -0.2) is 0 Å². The molecule has 6 atom stereocenters. The average molecular weight is 451 g/mol. The number of hydrogen-bond donors (Lipinski definition) is 0. The summed E-state index contributed by atoms with van der Waals surface area (Å²) >= 11 is 0. The highest BCUT2D eigenvalue weighted by atomic mass is 16.6. The fraction of sp³-hybridized carbons (Fsp3) is 0.679. The maximum atomic E-state index is 12.9. The summed E-state index contributed by atoms with van der Waals surface area (Å²) in [5.41, 5.74) is 1.67. The number of piperazine rings is 1. The maximum Gasteiger partial charge on any atom is 0.310 e. The van der Waals surface area contributed by atoms with Crippen LogP contribution in [0.2, 0.25) is 0 Å². The van der Waals surface area contributed by atoms with Crippen LogP contribution >= 0.6 is 0 Å². The van der Waals surface area contributed by atoms with Gasteiger partial charge >= 0.3 is 5.97 Å². The van der Waals surface area contributed by atoms with Gasteiger partial charge in [-0.15, -0.1) is 0 Å². The molecule has 0 amide bonds. The van der Waals surface area contributed by atoms with E-state index in [0.717, 1.165) is 58.7 Å². The summed E-state index contributed by atoms with van der Waals surface area (Å²) in [5, 5.41) is 0. The Morgan fingerprint density at radius 1 is 1.09 bits per heavy atom. The Kier molecular flexibility index (Phi) is 5.63. The van der Waals surface area contributed by atoms with Crippen molar-refractivity contribution in [1.82, 2.24) is 9.80 Å². The topological polar surface area (TPSA) is 45.3 Å². The van der Waals surface area contributed by atoms with Crippen molar-refractivity contribution in [2.45, 2.75) is 50.7 Å². The summed E-state index contributed by atoms with van der Waals surface area (Å²) in [7, 11) is 0. The largest absolute Gasteiger partial charge is 0.462 e. The van der Waals surface area contributed by atoms with Crippen molar-refractivity contribution in [1.29, 1.82) is 0 Å². The molecule has 2 aliphatic carbocycles. The van der Waals surface area contributed by atoms with Crippen molar-refractivity contribution in [2.75, 3.05) is 45.9 Å². The van der Waals surface area contributed by atoms with Crippen LogP contribution in [0.5, 0.6) is 0 Å². The summed E-state index contributed by atoms with van der Waals surface area (Å²) in [4.78, 5) is 18.0. The van der Waals surface area contributed by atoms with Crippen LogP contribution in [0.15, 0.2) is 36.4 Å². The Labute approximate surface area is 198 Å². The second-order valence-electron chi connectivity index (χ2n) is 11.5. The molecule has 0 aromatic heterocycles. The van der Waals surface area contributed by atoms with Crippen LogP contribution in [0.4, 0.5) is 0 Å². The predicted octanol–water partition coefficient (Wildman–Crippen LogP) is 3.84. The Hall–Kier alpha value is -1.69. The van der Waals surface area contributed by atoms with E-state index in [-0.39, 0.29) is 29.0 Å². The van der Waals surface area contributed by atoms with Crippen LogP contribution in [-0.2, 0) is 14.3 Å². The van der Waals surface area contributed by atoms with E-state index in [1.165, 1.54) is 24.8 Å². The highest BCUT2D eigenvalue weighted by Crippen LogP contribution is 2.62. The summed E-state index contributed by atoms with van der Waals surface area (Å²) in [6.07, 6.45) is 10.5. The molecule has 5 heteroatoms. The molecule has 0 unspecified atom stereocenters. The minimum absolute atomic E-state index is 0.0433. The van der Waals surface area contributed by atoms with E-state index >= 15 is 0 Å². The van der Waals surface area contributed by atoms with Crippen molar-refractivity contribution >= 4 is 12.0 Å². The van der Waals surface area contributed by atoms with Crippen molar-refractivity contribution in [3.05, 3.63) is 42.0 Å². The van der Waals surface area contributed by atoms with Gasteiger partial charge in [0, 0.05) is 45.2 Å². The van der Waals surface area contributed by atoms with Gasteiger partial charge in [-0.2, -0.15) is 0 Å². The zero-order chi connectivity index (χ0) is 22.5. The monoisotopic (exact) mass is 450 g/mol. The van der Waals surface area contributed by atoms with E-state index in [2.05, 4.69) is 59.2 Å². The van der Waals surface area contributed by atoms with Gasteiger partial charge in [0.2, 0.25) is 0 Å². The van der Waals surface area contributed by atoms with Crippen LogP contribution in [-0.4, -0.2) is 73.3 Å². The maximum absolute atomic E-state index is 12.9. The molecule has 5 nitrogen and oxygen atoms in total. The predicted molar refractivity (Wildman–Crippen MR) is 129 cm³/mol. The van der Waals surface area contributed by atoms with E-state index < -0.39 is 0 Å².